The molecule has 1 amide bonds. The number of hydrogen-bond acceptors (Lipinski definition) is 7. The summed E-state index contributed by atoms with van der Waals surface area (Å²) in [6.07, 6.45) is 2.74. The molecule has 33 heavy (non-hydrogen) atoms. The third kappa shape index (κ3) is 6.24. The predicted molar refractivity (Wildman–Crippen MR) is 130 cm³/mol. The zero-order valence-electron chi connectivity index (χ0n) is 18.2. The first-order chi connectivity index (χ1) is 15.7. The summed E-state index contributed by atoms with van der Waals surface area (Å²) < 4.78 is 32.6. The Balaban J connectivity index is 1.62. The third-order valence-corrected chi connectivity index (χ3v) is 6.14. The lowest BCUT2D eigenvalue weighted by atomic mass is 10.0. The monoisotopic (exact) mass is 485 g/mol. The van der Waals surface area contributed by atoms with Gasteiger partial charge < -0.3 is 10.1 Å². The van der Waals surface area contributed by atoms with Crippen molar-refractivity contribution in [3.63, 3.8) is 0 Å². The van der Waals surface area contributed by atoms with Crippen LogP contribution >= 0.6 is 12.2 Å². The molecule has 3 rings (SSSR count). The molecule has 1 aromatic heterocycles. The summed E-state index contributed by atoms with van der Waals surface area (Å²) in [5, 5.41) is 5.55. The quantitative estimate of drug-likeness (QED) is 0.435. The number of hydrogen-bond donors (Lipinski definition) is 3. The minimum Gasteiger partial charge on any atom is -0.478 e. The lowest BCUT2D eigenvalue weighted by Crippen LogP contribution is -2.34. The Labute approximate surface area is 197 Å². The average Bonchev–Trinajstić information content (AvgIpc) is 2.79. The second-order valence-corrected chi connectivity index (χ2v) is 9.32. The lowest BCUT2D eigenvalue weighted by Gasteiger charge is -2.12. The first-order valence-corrected chi connectivity index (χ1v) is 11.8. The number of carbonyl (C=O) groups is 1. The third-order valence-electron chi connectivity index (χ3n) is 4.58. The molecule has 0 spiro atoms. The van der Waals surface area contributed by atoms with E-state index in [1.807, 2.05) is 12.1 Å². The van der Waals surface area contributed by atoms with Crippen molar-refractivity contribution in [3.05, 3.63) is 72.1 Å². The molecule has 0 bridgehead atoms. The fraction of sp³-hybridized carbons (Fsp3) is 0.182. The van der Waals surface area contributed by atoms with Crippen LogP contribution in [0.25, 0.3) is 0 Å². The minimum atomic E-state index is -3.92. The second kappa shape index (κ2) is 10.4. The van der Waals surface area contributed by atoms with Crippen LogP contribution < -0.4 is 20.1 Å². The van der Waals surface area contributed by atoms with Crippen molar-refractivity contribution in [1.29, 1.82) is 0 Å². The molecule has 1 heterocycles. The summed E-state index contributed by atoms with van der Waals surface area (Å²) in [6.45, 7) is 4.15. The van der Waals surface area contributed by atoms with Crippen molar-refractivity contribution in [2.24, 2.45) is 0 Å². The Morgan fingerprint density at radius 3 is 2.24 bits per heavy atom. The number of amides is 1. The Hall–Kier alpha value is -3.57. The topological polar surface area (TPSA) is 122 Å². The van der Waals surface area contributed by atoms with Gasteiger partial charge in [0.1, 0.15) is 0 Å². The van der Waals surface area contributed by atoms with Gasteiger partial charge in [-0.05, 0) is 60.1 Å². The first-order valence-electron chi connectivity index (χ1n) is 9.90. The van der Waals surface area contributed by atoms with Gasteiger partial charge in [-0.1, -0.05) is 26.0 Å². The molecule has 0 saturated carbocycles. The van der Waals surface area contributed by atoms with Crippen LogP contribution in [0.15, 0.2) is 65.8 Å². The summed E-state index contributed by atoms with van der Waals surface area (Å²) in [7, 11) is -2.55. The van der Waals surface area contributed by atoms with Crippen molar-refractivity contribution < 1.29 is 17.9 Å². The van der Waals surface area contributed by atoms with E-state index in [9.17, 15) is 13.2 Å². The number of sulfonamides is 1. The van der Waals surface area contributed by atoms with E-state index in [1.165, 1.54) is 43.8 Å². The molecule has 0 unspecified atom stereocenters. The van der Waals surface area contributed by atoms with Crippen molar-refractivity contribution >= 4 is 44.8 Å². The van der Waals surface area contributed by atoms with Gasteiger partial charge in [-0.15, -0.1) is 0 Å². The fourth-order valence-corrected chi connectivity index (χ4v) is 4.02. The van der Waals surface area contributed by atoms with Gasteiger partial charge in [0.05, 0.1) is 12.0 Å². The van der Waals surface area contributed by atoms with Crippen LogP contribution in [-0.4, -0.2) is 36.5 Å². The maximum absolute atomic E-state index is 12.6. The number of nitrogens with one attached hydrogen (secondary N) is 3. The van der Waals surface area contributed by atoms with Gasteiger partial charge in [-0.2, -0.15) is 0 Å². The predicted octanol–water partition coefficient (Wildman–Crippen LogP) is 3.54. The zero-order valence-corrected chi connectivity index (χ0v) is 19.8. The van der Waals surface area contributed by atoms with E-state index < -0.39 is 10.0 Å². The van der Waals surface area contributed by atoms with Gasteiger partial charge >= 0.3 is 0 Å². The van der Waals surface area contributed by atoms with E-state index in [0.717, 1.165) is 5.56 Å². The summed E-state index contributed by atoms with van der Waals surface area (Å²) in [5.41, 5.74) is 2.12. The van der Waals surface area contributed by atoms with E-state index in [2.05, 4.69) is 39.2 Å². The van der Waals surface area contributed by atoms with Crippen LogP contribution in [0.1, 0.15) is 35.7 Å². The maximum atomic E-state index is 12.6. The molecule has 0 aliphatic rings. The summed E-state index contributed by atoms with van der Waals surface area (Å²) in [6, 6.07) is 13.1. The SMILES string of the molecule is COc1nccnc1NS(=O)(=O)c1ccc(NC(=S)NC(=O)c2ccc(C(C)C)cc2)cc1. The van der Waals surface area contributed by atoms with E-state index in [0.29, 0.717) is 17.2 Å². The highest BCUT2D eigenvalue weighted by Gasteiger charge is 2.18. The molecular formula is C22H23N5O4S2. The smallest absolute Gasteiger partial charge is 0.263 e. The van der Waals surface area contributed by atoms with Crippen LogP contribution in [0.2, 0.25) is 0 Å². The Bertz CT molecular complexity index is 1240. The molecule has 11 heteroatoms. The fourth-order valence-electron chi connectivity index (χ4n) is 2.81. The first kappa shape index (κ1) is 24.1. The van der Waals surface area contributed by atoms with Crippen LogP contribution in [0.3, 0.4) is 0 Å². The molecule has 2 aromatic carbocycles. The molecule has 0 fully saturated rings. The van der Waals surface area contributed by atoms with Crippen molar-refractivity contribution in [2.45, 2.75) is 24.7 Å². The molecular weight excluding hydrogens is 462 g/mol. The molecule has 0 aliphatic carbocycles. The standard InChI is InChI=1S/C22H23N5O4S2/c1-14(2)15-4-6-16(7-5-15)20(28)26-22(32)25-17-8-10-18(11-9-17)33(29,30)27-19-21(31-3)24-13-12-23-19/h4-14H,1-3H3,(H,23,27)(H2,25,26,28,32). The number of benzene rings is 2. The van der Waals surface area contributed by atoms with Gasteiger partial charge in [0.2, 0.25) is 5.82 Å². The number of anilines is 2. The number of methoxy groups -OCH3 is 1. The summed E-state index contributed by atoms with van der Waals surface area (Å²) in [5.74, 6) is 0.0606. The van der Waals surface area contributed by atoms with Gasteiger partial charge in [0.15, 0.2) is 5.11 Å². The summed E-state index contributed by atoms with van der Waals surface area (Å²) >= 11 is 5.20. The number of aromatic nitrogens is 2. The number of nitrogens with zero attached hydrogens (tertiary/aromatic N) is 2. The molecule has 0 aliphatic heterocycles. The Morgan fingerprint density at radius 1 is 1.00 bits per heavy atom. The molecule has 9 nitrogen and oxygen atoms in total. The lowest BCUT2D eigenvalue weighted by molar-refractivity contribution is 0.0977. The summed E-state index contributed by atoms with van der Waals surface area (Å²) in [4.78, 5) is 20.2. The number of thiocarbonyl (C=S) groups is 1. The highest BCUT2D eigenvalue weighted by Crippen LogP contribution is 2.22. The van der Waals surface area contributed by atoms with E-state index in [1.54, 1.807) is 12.1 Å². The van der Waals surface area contributed by atoms with Crippen LogP contribution in [0, 0.1) is 0 Å². The zero-order chi connectivity index (χ0) is 24.0. The van der Waals surface area contributed by atoms with E-state index in [-0.39, 0.29) is 27.6 Å². The Morgan fingerprint density at radius 2 is 1.64 bits per heavy atom. The molecule has 0 radical (unpaired) electrons. The highest BCUT2D eigenvalue weighted by molar-refractivity contribution is 7.92. The van der Waals surface area contributed by atoms with Gasteiger partial charge in [0.25, 0.3) is 21.8 Å². The van der Waals surface area contributed by atoms with Crippen molar-refractivity contribution in [1.82, 2.24) is 15.3 Å². The van der Waals surface area contributed by atoms with Crippen molar-refractivity contribution in [3.8, 4) is 5.88 Å². The van der Waals surface area contributed by atoms with Crippen LogP contribution in [0.4, 0.5) is 11.5 Å². The van der Waals surface area contributed by atoms with Gasteiger partial charge in [0, 0.05) is 23.6 Å². The van der Waals surface area contributed by atoms with Crippen LogP contribution in [-0.2, 0) is 10.0 Å². The number of ether oxygens (including phenoxy) is 1. The molecule has 3 N–H and O–H groups in total. The molecule has 0 atom stereocenters. The minimum absolute atomic E-state index is 0.000882. The Kier molecular flexibility index (Phi) is 7.56. The second-order valence-electron chi connectivity index (χ2n) is 7.23. The van der Waals surface area contributed by atoms with Crippen LogP contribution in [0.5, 0.6) is 5.88 Å². The highest BCUT2D eigenvalue weighted by atomic mass is 32.2. The van der Waals surface area contributed by atoms with Gasteiger partial charge in [-0.3, -0.25) is 14.8 Å². The molecule has 3 aromatic rings. The maximum Gasteiger partial charge on any atom is 0.263 e. The number of rotatable bonds is 7. The van der Waals surface area contributed by atoms with E-state index >= 15 is 0 Å². The molecule has 0 saturated heterocycles. The van der Waals surface area contributed by atoms with E-state index in [4.69, 9.17) is 17.0 Å². The largest absolute Gasteiger partial charge is 0.478 e. The molecule has 172 valence electrons. The average molecular weight is 486 g/mol. The van der Waals surface area contributed by atoms with Gasteiger partial charge in [-0.25, -0.2) is 18.4 Å². The van der Waals surface area contributed by atoms with Crippen molar-refractivity contribution in [2.75, 3.05) is 17.1 Å². The number of carbonyl (C=O) groups excluding carboxylic acids is 1. The normalized spacial score (nSPS) is 11.0.